The second kappa shape index (κ2) is 7.67. The summed E-state index contributed by atoms with van der Waals surface area (Å²) in [5.41, 5.74) is 1.35. The molecule has 0 radical (unpaired) electrons. The summed E-state index contributed by atoms with van der Waals surface area (Å²) in [4.78, 5) is 16.7. The minimum Gasteiger partial charge on any atom is -0.456 e. The van der Waals surface area contributed by atoms with Gasteiger partial charge in [0.05, 0.1) is 0 Å². The highest BCUT2D eigenvalue weighted by Gasteiger charge is 2.26. The smallest absolute Gasteiger partial charge is 0.289 e. The van der Waals surface area contributed by atoms with Crippen molar-refractivity contribution in [3.63, 3.8) is 0 Å². The van der Waals surface area contributed by atoms with Crippen LogP contribution in [0.2, 0.25) is 0 Å². The molecule has 1 atom stereocenters. The second-order valence-electron chi connectivity index (χ2n) is 6.68. The Hall–Kier alpha value is -2.07. The normalized spacial score (nSPS) is 18.0. The molecule has 128 valence electrons. The van der Waals surface area contributed by atoms with Gasteiger partial charge in [-0.2, -0.15) is 0 Å². The third-order valence-corrected chi connectivity index (χ3v) is 4.72. The molecule has 0 aliphatic carbocycles. The average Bonchev–Trinajstić information content (AvgIpc) is 3.24. The quantitative estimate of drug-likeness (QED) is 0.816. The van der Waals surface area contributed by atoms with Gasteiger partial charge in [0.15, 0.2) is 5.76 Å². The lowest BCUT2D eigenvalue weighted by Crippen LogP contribution is -2.32. The first-order valence-corrected chi connectivity index (χ1v) is 8.76. The molecule has 24 heavy (non-hydrogen) atoms. The molecule has 0 bridgehead atoms. The number of rotatable bonds is 6. The van der Waals surface area contributed by atoms with E-state index in [1.165, 1.54) is 5.56 Å². The molecule has 0 unspecified atom stereocenters. The lowest BCUT2D eigenvalue weighted by atomic mass is 10.1. The summed E-state index contributed by atoms with van der Waals surface area (Å²) in [6.45, 7) is 5.95. The van der Waals surface area contributed by atoms with Gasteiger partial charge in [0.2, 0.25) is 0 Å². The number of likely N-dealkylation sites (tertiary alicyclic amines) is 1. The van der Waals surface area contributed by atoms with E-state index in [0.717, 1.165) is 44.8 Å². The molecule has 1 aliphatic rings. The van der Waals surface area contributed by atoms with Crippen molar-refractivity contribution in [2.45, 2.75) is 26.3 Å². The molecule has 4 nitrogen and oxygen atoms in total. The third kappa shape index (κ3) is 4.06. The standard InChI is InChI=1S/C20H26N2O2/c1-3-18-9-10-19(24-18)20(23)21(2)13-17-11-12-22(15-17)14-16-7-5-4-6-8-16/h4-10,17H,3,11-15H2,1-2H3/t17-/m0/s1. The molecule has 1 aromatic heterocycles. The molecular formula is C20H26N2O2. The van der Waals surface area contributed by atoms with Crippen LogP contribution in [0, 0.1) is 5.92 Å². The van der Waals surface area contributed by atoms with E-state index in [0.29, 0.717) is 11.7 Å². The van der Waals surface area contributed by atoms with Crippen LogP contribution in [0.1, 0.15) is 35.2 Å². The fourth-order valence-corrected chi connectivity index (χ4v) is 3.39. The molecule has 0 saturated carbocycles. The van der Waals surface area contributed by atoms with Crippen LogP contribution in [0.4, 0.5) is 0 Å². The number of hydrogen-bond donors (Lipinski definition) is 0. The molecule has 3 rings (SSSR count). The fourth-order valence-electron chi connectivity index (χ4n) is 3.39. The Kier molecular flexibility index (Phi) is 5.36. The minimum atomic E-state index is -0.0174. The first-order chi connectivity index (χ1) is 11.7. The number of aryl methyl sites for hydroxylation is 1. The van der Waals surface area contributed by atoms with E-state index in [2.05, 4.69) is 35.2 Å². The monoisotopic (exact) mass is 326 g/mol. The largest absolute Gasteiger partial charge is 0.456 e. The number of furan rings is 1. The molecule has 4 heteroatoms. The topological polar surface area (TPSA) is 36.7 Å². The predicted molar refractivity (Wildman–Crippen MR) is 94.9 cm³/mol. The van der Waals surface area contributed by atoms with Crippen molar-refractivity contribution in [3.05, 3.63) is 59.5 Å². The van der Waals surface area contributed by atoms with E-state index < -0.39 is 0 Å². The summed E-state index contributed by atoms with van der Waals surface area (Å²) in [6.07, 6.45) is 1.96. The summed E-state index contributed by atoms with van der Waals surface area (Å²) >= 11 is 0. The Morgan fingerprint density at radius 3 is 2.75 bits per heavy atom. The summed E-state index contributed by atoms with van der Waals surface area (Å²) in [6, 6.07) is 14.2. The van der Waals surface area contributed by atoms with Crippen LogP contribution in [0.5, 0.6) is 0 Å². The van der Waals surface area contributed by atoms with Gasteiger partial charge < -0.3 is 9.32 Å². The maximum Gasteiger partial charge on any atom is 0.289 e. The Balaban J connectivity index is 1.50. The maximum absolute atomic E-state index is 12.5. The van der Waals surface area contributed by atoms with Crippen molar-refractivity contribution in [1.29, 1.82) is 0 Å². The summed E-state index contributed by atoms with van der Waals surface area (Å²) in [5.74, 6) is 1.83. The molecule has 2 heterocycles. The van der Waals surface area contributed by atoms with Crippen molar-refractivity contribution in [2.24, 2.45) is 5.92 Å². The van der Waals surface area contributed by atoms with E-state index in [1.807, 2.05) is 20.0 Å². The number of carbonyl (C=O) groups is 1. The molecule has 1 fully saturated rings. The highest BCUT2D eigenvalue weighted by molar-refractivity contribution is 5.91. The van der Waals surface area contributed by atoms with Gasteiger partial charge in [-0.15, -0.1) is 0 Å². The summed E-state index contributed by atoms with van der Waals surface area (Å²) in [7, 11) is 1.87. The van der Waals surface area contributed by atoms with Crippen LogP contribution in [0.3, 0.4) is 0 Å². The fraction of sp³-hybridized carbons (Fsp3) is 0.450. The minimum absolute atomic E-state index is 0.0174. The number of hydrogen-bond acceptors (Lipinski definition) is 3. The van der Waals surface area contributed by atoms with E-state index in [-0.39, 0.29) is 5.91 Å². The molecule has 1 aliphatic heterocycles. The van der Waals surface area contributed by atoms with Gasteiger partial charge in [0, 0.05) is 33.1 Å². The first-order valence-electron chi connectivity index (χ1n) is 8.76. The van der Waals surface area contributed by atoms with Crippen molar-refractivity contribution in [3.8, 4) is 0 Å². The van der Waals surface area contributed by atoms with Gasteiger partial charge in [0.25, 0.3) is 5.91 Å². The first kappa shape index (κ1) is 16.8. The van der Waals surface area contributed by atoms with Gasteiger partial charge in [-0.1, -0.05) is 37.3 Å². The van der Waals surface area contributed by atoms with Crippen LogP contribution < -0.4 is 0 Å². The van der Waals surface area contributed by atoms with E-state index in [4.69, 9.17) is 4.42 Å². The molecular weight excluding hydrogens is 300 g/mol. The van der Waals surface area contributed by atoms with E-state index >= 15 is 0 Å². The van der Waals surface area contributed by atoms with Gasteiger partial charge in [-0.3, -0.25) is 9.69 Å². The Bertz CT molecular complexity index is 665. The third-order valence-electron chi connectivity index (χ3n) is 4.72. The highest BCUT2D eigenvalue weighted by atomic mass is 16.4. The van der Waals surface area contributed by atoms with Gasteiger partial charge >= 0.3 is 0 Å². The molecule has 2 aromatic rings. The van der Waals surface area contributed by atoms with Gasteiger partial charge in [-0.25, -0.2) is 0 Å². The average molecular weight is 326 g/mol. The van der Waals surface area contributed by atoms with E-state index in [9.17, 15) is 4.79 Å². The van der Waals surface area contributed by atoms with Crippen molar-refractivity contribution in [1.82, 2.24) is 9.80 Å². The zero-order valence-electron chi connectivity index (χ0n) is 14.6. The van der Waals surface area contributed by atoms with Gasteiger partial charge in [-0.05, 0) is 36.6 Å². The van der Waals surface area contributed by atoms with Crippen molar-refractivity contribution >= 4 is 5.91 Å². The lowest BCUT2D eigenvalue weighted by molar-refractivity contribution is 0.0740. The Labute approximate surface area is 144 Å². The molecule has 0 spiro atoms. The Morgan fingerprint density at radius 2 is 2.04 bits per heavy atom. The lowest BCUT2D eigenvalue weighted by Gasteiger charge is -2.21. The zero-order chi connectivity index (χ0) is 16.9. The SMILES string of the molecule is CCc1ccc(C(=O)N(C)C[C@@H]2CCN(Cc3ccccc3)C2)o1. The van der Waals surface area contributed by atoms with Crippen LogP contribution in [0.15, 0.2) is 46.9 Å². The van der Waals surface area contributed by atoms with E-state index in [1.54, 1.807) is 11.0 Å². The maximum atomic E-state index is 12.5. The zero-order valence-corrected chi connectivity index (χ0v) is 14.6. The van der Waals surface area contributed by atoms with Crippen molar-refractivity contribution < 1.29 is 9.21 Å². The van der Waals surface area contributed by atoms with Gasteiger partial charge in [0.1, 0.15) is 5.76 Å². The predicted octanol–water partition coefficient (Wildman–Crippen LogP) is 3.44. The molecule has 1 aromatic carbocycles. The summed E-state index contributed by atoms with van der Waals surface area (Å²) < 4.78 is 5.58. The number of nitrogens with zero attached hydrogens (tertiary/aromatic N) is 2. The highest BCUT2D eigenvalue weighted by Crippen LogP contribution is 2.20. The second-order valence-corrected chi connectivity index (χ2v) is 6.68. The number of benzene rings is 1. The number of amides is 1. The van der Waals surface area contributed by atoms with Crippen LogP contribution in [0.25, 0.3) is 0 Å². The molecule has 1 saturated heterocycles. The summed E-state index contributed by atoms with van der Waals surface area (Å²) in [5, 5.41) is 0. The Morgan fingerprint density at radius 1 is 1.25 bits per heavy atom. The van der Waals surface area contributed by atoms with Crippen LogP contribution in [-0.4, -0.2) is 42.4 Å². The van der Waals surface area contributed by atoms with Crippen molar-refractivity contribution in [2.75, 3.05) is 26.7 Å². The van der Waals surface area contributed by atoms with Crippen LogP contribution in [-0.2, 0) is 13.0 Å². The molecule has 1 amide bonds. The molecule has 0 N–H and O–H groups in total. The van der Waals surface area contributed by atoms with Crippen LogP contribution >= 0.6 is 0 Å². The number of carbonyl (C=O) groups excluding carboxylic acids is 1.